The highest BCUT2D eigenvalue weighted by Gasteiger charge is 2.25. The molecule has 0 saturated carbocycles. The van der Waals surface area contributed by atoms with E-state index in [1.807, 2.05) is 84.9 Å². The molecule has 0 saturated heterocycles. The average Bonchev–Trinajstić information content (AvgIpc) is 3.07. The highest BCUT2D eigenvalue weighted by Crippen LogP contribution is 2.17. The van der Waals surface area contributed by atoms with Crippen molar-refractivity contribution in [3.63, 3.8) is 0 Å². The molecule has 0 fully saturated rings. The molecular weight excluding hydrogens is 580 g/mol. The van der Waals surface area contributed by atoms with Crippen molar-refractivity contribution in [1.82, 2.24) is 10.6 Å². The van der Waals surface area contributed by atoms with E-state index < -0.39 is 18.0 Å². The predicted molar refractivity (Wildman–Crippen MR) is 180 cm³/mol. The van der Waals surface area contributed by atoms with Gasteiger partial charge in [0.05, 0.1) is 30.5 Å². The lowest BCUT2D eigenvalue weighted by molar-refractivity contribution is -0.149. The Balaban J connectivity index is 1.45. The zero-order chi connectivity index (χ0) is 33.1. The van der Waals surface area contributed by atoms with Gasteiger partial charge in [-0.1, -0.05) is 84.9 Å². The van der Waals surface area contributed by atoms with Crippen molar-refractivity contribution in [1.29, 1.82) is 0 Å². The summed E-state index contributed by atoms with van der Waals surface area (Å²) >= 11 is 0. The first-order valence-corrected chi connectivity index (χ1v) is 15.7. The molecule has 0 aliphatic heterocycles. The van der Waals surface area contributed by atoms with Crippen LogP contribution >= 0.6 is 0 Å². The van der Waals surface area contributed by atoms with Gasteiger partial charge < -0.3 is 25.2 Å². The zero-order valence-electron chi connectivity index (χ0n) is 26.6. The summed E-state index contributed by atoms with van der Waals surface area (Å²) in [5.74, 6) is -1.35. The van der Waals surface area contributed by atoms with Crippen LogP contribution in [0.2, 0.25) is 0 Å². The lowest BCUT2D eigenvalue weighted by atomic mass is 9.96. The van der Waals surface area contributed by atoms with E-state index in [4.69, 9.17) is 9.47 Å². The minimum Gasteiger partial charge on any atom is -0.489 e. The summed E-state index contributed by atoms with van der Waals surface area (Å²) in [7, 11) is 0. The molecule has 0 aromatic heterocycles. The molecule has 46 heavy (non-hydrogen) atoms. The SMILES string of the molecule is C=CC[C@H](CC(=O)N[C@H](CO)Cc1ccc(OCc2ccccc2)cc1)C(=O)N[C@@H](C)COC(=O)[C@H](CC=C)Cc1ccccc1. The maximum Gasteiger partial charge on any atom is 0.309 e. The Bertz CT molecular complexity index is 1380. The standard InChI is InChI=1S/C38H46N2O6/c1-4-12-32(37(43)39-28(3)26-46-38(44)33(13-5-2)22-29-14-8-6-9-15-29)24-36(42)40-34(25-41)23-30-18-20-35(21-19-30)45-27-31-16-10-7-11-17-31/h4-11,14-21,28,32-34,41H,1-2,12-13,22-27H2,3H3,(H,39,43)(H,40,42)/t28-,32+,33+,34-/m0/s1. The molecule has 2 amide bonds. The third-order valence-electron chi connectivity index (χ3n) is 7.47. The van der Waals surface area contributed by atoms with E-state index in [2.05, 4.69) is 23.8 Å². The van der Waals surface area contributed by atoms with Crippen molar-refractivity contribution < 1.29 is 29.0 Å². The van der Waals surface area contributed by atoms with Crippen molar-refractivity contribution in [2.24, 2.45) is 11.8 Å². The Kier molecular flexibility index (Phi) is 15.3. The molecule has 244 valence electrons. The van der Waals surface area contributed by atoms with Crippen molar-refractivity contribution in [3.8, 4) is 5.75 Å². The molecule has 0 radical (unpaired) electrons. The summed E-state index contributed by atoms with van der Waals surface area (Å²) in [6, 6.07) is 26.1. The van der Waals surface area contributed by atoms with Crippen LogP contribution in [0.1, 0.15) is 42.9 Å². The maximum absolute atomic E-state index is 13.1. The van der Waals surface area contributed by atoms with Gasteiger partial charge in [-0.15, -0.1) is 13.2 Å². The fourth-order valence-corrected chi connectivity index (χ4v) is 4.99. The van der Waals surface area contributed by atoms with Crippen molar-refractivity contribution >= 4 is 17.8 Å². The monoisotopic (exact) mass is 626 g/mol. The van der Waals surface area contributed by atoms with Crippen molar-refractivity contribution in [2.75, 3.05) is 13.2 Å². The fraction of sp³-hybridized carbons (Fsp3) is 0.342. The number of hydrogen-bond donors (Lipinski definition) is 3. The quantitative estimate of drug-likeness (QED) is 0.115. The van der Waals surface area contributed by atoms with E-state index in [0.717, 1.165) is 22.4 Å². The topological polar surface area (TPSA) is 114 Å². The second kappa shape index (κ2) is 19.6. The highest BCUT2D eigenvalue weighted by molar-refractivity contribution is 5.86. The van der Waals surface area contributed by atoms with Crippen LogP contribution in [-0.2, 0) is 38.6 Å². The summed E-state index contributed by atoms with van der Waals surface area (Å²) in [6.07, 6.45) is 4.94. The van der Waals surface area contributed by atoms with Gasteiger partial charge in [0, 0.05) is 6.42 Å². The molecule has 0 heterocycles. The van der Waals surface area contributed by atoms with E-state index in [0.29, 0.717) is 32.3 Å². The number of esters is 1. The molecule has 4 atom stereocenters. The Morgan fingerprint density at radius 2 is 1.37 bits per heavy atom. The number of hydrogen-bond acceptors (Lipinski definition) is 6. The number of rotatable bonds is 20. The molecule has 8 nitrogen and oxygen atoms in total. The molecular formula is C38H46N2O6. The number of allylic oxidation sites excluding steroid dienone is 2. The Morgan fingerprint density at radius 3 is 1.98 bits per heavy atom. The number of ether oxygens (including phenoxy) is 2. The molecule has 3 aromatic carbocycles. The second-order valence-electron chi connectivity index (χ2n) is 11.4. The van der Waals surface area contributed by atoms with Gasteiger partial charge in [0.25, 0.3) is 0 Å². The minimum absolute atomic E-state index is 0.00266. The van der Waals surface area contributed by atoms with Crippen LogP contribution in [0.25, 0.3) is 0 Å². The van der Waals surface area contributed by atoms with Gasteiger partial charge >= 0.3 is 5.97 Å². The van der Waals surface area contributed by atoms with Crippen molar-refractivity contribution in [2.45, 2.75) is 57.7 Å². The number of carbonyl (C=O) groups is 3. The number of carbonyl (C=O) groups excluding carboxylic acids is 3. The Morgan fingerprint density at radius 1 is 0.783 bits per heavy atom. The number of amides is 2. The number of aliphatic hydroxyl groups is 1. The van der Waals surface area contributed by atoms with Gasteiger partial charge in [-0.2, -0.15) is 0 Å². The molecule has 0 unspecified atom stereocenters. The average molecular weight is 627 g/mol. The fourth-order valence-electron chi connectivity index (χ4n) is 4.99. The Labute approximate surface area is 272 Å². The van der Waals surface area contributed by atoms with Crippen LogP contribution < -0.4 is 15.4 Å². The molecule has 0 spiro atoms. The van der Waals surface area contributed by atoms with Gasteiger partial charge in [-0.25, -0.2) is 0 Å². The third-order valence-corrected chi connectivity index (χ3v) is 7.47. The van der Waals surface area contributed by atoms with Gasteiger partial charge in [0.2, 0.25) is 11.8 Å². The summed E-state index contributed by atoms with van der Waals surface area (Å²) < 4.78 is 11.4. The number of aliphatic hydroxyl groups excluding tert-OH is 1. The van der Waals surface area contributed by atoms with Crippen LogP contribution in [-0.4, -0.2) is 48.2 Å². The van der Waals surface area contributed by atoms with Crippen LogP contribution in [0.5, 0.6) is 5.75 Å². The summed E-state index contributed by atoms with van der Waals surface area (Å²) in [4.78, 5) is 38.8. The van der Waals surface area contributed by atoms with E-state index in [1.165, 1.54) is 0 Å². The van der Waals surface area contributed by atoms with Gasteiger partial charge in [-0.05, 0) is 61.4 Å². The summed E-state index contributed by atoms with van der Waals surface area (Å²) in [6.45, 7) is 9.45. The van der Waals surface area contributed by atoms with Crippen LogP contribution in [0, 0.1) is 11.8 Å². The molecule has 0 aliphatic carbocycles. The first kappa shape index (κ1) is 35.8. The molecule has 8 heteroatoms. The first-order chi connectivity index (χ1) is 22.3. The predicted octanol–water partition coefficient (Wildman–Crippen LogP) is 5.35. The van der Waals surface area contributed by atoms with Crippen molar-refractivity contribution in [3.05, 3.63) is 127 Å². The lowest BCUT2D eigenvalue weighted by Gasteiger charge is -2.22. The first-order valence-electron chi connectivity index (χ1n) is 15.7. The molecule has 0 aliphatic rings. The van der Waals surface area contributed by atoms with Gasteiger partial charge in [-0.3, -0.25) is 14.4 Å². The lowest BCUT2D eigenvalue weighted by Crippen LogP contribution is -2.44. The van der Waals surface area contributed by atoms with E-state index >= 15 is 0 Å². The maximum atomic E-state index is 13.1. The van der Waals surface area contributed by atoms with Crippen LogP contribution in [0.15, 0.2) is 110 Å². The summed E-state index contributed by atoms with van der Waals surface area (Å²) in [5.41, 5.74) is 3.03. The van der Waals surface area contributed by atoms with E-state index in [9.17, 15) is 19.5 Å². The normalized spacial score (nSPS) is 13.3. The van der Waals surface area contributed by atoms with Crippen LogP contribution in [0.3, 0.4) is 0 Å². The molecule has 0 bridgehead atoms. The van der Waals surface area contributed by atoms with E-state index in [1.54, 1.807) is 19.1 Å². The largest absolute Gasteiger partial charge is 0.489 e. The van der Waals surface area contributed by atoms with Gasteiger partial charge in [0.1, 0.15) is 19.0 Å². The number of benzene rings is 3. The second-order valence-corrected chi connectivity index (χ2v) is 11.4. The highest BCUT2D eigenvalue weighted by atomic mass is 16.5. The van der Waals surface area contributed by atoms with E-state index in [-0.39, 0.29) is 43.3 Å². The smallest absolute Gasteiger partial charge is 0.309 e. The summed E-state index contributed by atoms with van der Waals surface area (Å²) in [5, 5.41) is 15.6. The third kappa shape index (κ3) is 12.7. The molecule has 3 N–H and O–H groups in total. The van der Waals surface area contributed by atoms with Gasteiger partial charge in [0.15, 0.2) is 0 Å². The molecule has 3 aromatic rings. The van der Waals surface area contributed by atoms with Crippen LogP contribution in [0.4, 0.5) is 0 Å². The number of nitrogens with one attached hydrogen (secondary N) is 2. The molecule has 3 rings (SSSR count). The minimum atomic E-state index is -0.664. The zero-order valence-corrected chi connectivity index (χ0v) is 26.6. The Hall–Kier alpha value is -4.69.